The van der Waals surface area contributed by atoms with Crippen LogP contribution in [0.2, 0.25) is 0 Å². The van der Waals surface area contributed by atoms with Crippen molar-refractivity contribution in [3.8, 4) is 0 Å². The van der Waals surface area contributed by atoms with Gasteiger partial charge in [-0.1, -0.05) is 19.8 Å². The van der Waals surface area contributed by atoms with E-state index >= 15 is 0 Å². The van der Waals surface area contributed by atoms with Crippen molar-refractivity contribution >= 4 is 27.7 Å². The van der Waals surface area contributed by atoms with Crippen molar-refractivity contribution < 1.29 is 4.79 Å². The Morgan fingerprint density at radius 1 is 1.52 bits per heavy atom. The first-order valence-electron chi connectivity index (χ1n) is 7.59. The number of primary amides is 1. The average Bonchev–Trinajstić information content (AvgIpc) is 2.70. The number of halogens is 1. The zero-order chi connectivity index (χ0) is 15.6. The van der Waals surface area contributed by atoms with Crippen LogP contribution in [0.15, 0.2) is 16.7 Å². The molecule has 21 heavy (non-hydrogen) atoms. The van der Waals surface area contributed by atoms with E-state index in [1.807, 2.05) is 0 Å². The first kappa shape index (κ1) is 16.3. The van der Waals surface area contributed by atoms with E-state index in [0.717, 1.165) is 17.6 Å². The van der Waals surface area contributed by atoms with E-state index in [1.54, 1.807) is 12.1 Å². The number of rotatable bonds is 5. The Hall–Kier alpha value is -1.10. The molecule has 2 heterocycles. The quantitative estimate of drug-likeness (QED) is 0.820. The van der Waals surface area contributed by atoms with Crippen molar-refractivity contribution in [3.05, 3.63) is 22.3 Å². The second-order valence-electron chi connectivity index (χ2n) is 6.50. The molecule has 1 atom stereocenters. The highest BCUT2D eigenvalue weighted by atomic mass is 79.9. The number of amides is 1. The summed E-state index contributed by atoms with van der Waals surface area (Å²) < 4.78 is 0.732. The topological polar surface area (TPSA) is 59.2 Å². The minimum Gasteiger partial charge on any atom is -0.365 e. The number of hydrogen-bond donors (Lipinski definition) is 1. The minimum absolute atomic E-state index is 0.00357. The molecular weight excluding hydrogens is 330 g/mol. The van der Waals surface area contributed by atoms with Gasteiger partial charge in [-0.25, -0.2) is 4.98 Å². The largest absolute Gasteiger partial charge is 0.365 e. The molecule has 1 fully saturated rings. The van der Waals surface area contributed by atoms with Gasteiger partial charge in [0, 0.05) is 12.1 Å². The molecule has 0 aromatic carbocycles. The Balaban J connectivity index is 2.32. The molecule has 116 valence electrons. The number of nitrogens with zero attached hydrogens (tertiary/aromatic N) is 2. The summed E-state index contributed by atoms with van der Waals surface area (Å²) in [7, 11) is 0. The summed E-state index contributed by atoms with van der Waals surface area (Å²) in [6.07, 6.45) is 4.83. The van der Waals surface area contributed by atoms with E-state index in [9.17, 15) is 4.79 Å². The van der Waals surface area contributed by atoms with Crippen LogP contribution in [-0.4, -0.2) is 23.0 Å². The number of pyridine rings is 1. The Labute approximate surface area is 135 Å². The van der Waals surface area contributed by atoms with Crippen molar-refractivity contribution in [1.29, 1.82) is 0 Å². The van der Waals surface area contributed by atoms with Crippen LogP contribution in [0.1, 0.15) is 56.8 Å². The number of aromatic nitrogens is 1. The van der Waals surface area contributed by atoms with E-state index in [1.165, 1.54) is 19.3 Å². The van der Waals surface area contributed by atoms with Gasteiger partial charge >= 0.3 is 0 Å². The highest BCUT2D eigenvalue weighted by molar-refractivity contribution is 9.10. The molecule has 0 bridgehead atoms. The Bertz CT molecular complexity index is 530. The highest BCUT2D eigenvalue weighted by Crippen LogP contribution is 2.39. The van der Waals surface area contributed by atoms with Crippen LogP contribution in [0, 0.1) is 5.92 Å². The Kier molecular flexibility index (Phi) is 4.91. The smallest absolute Gasteiger partial charge is 0.252 e. The lowest BCUT2D eigenvalue weighted by atomic mass is 9.93. The predicted octanol–water partition coefficient (Wildman–Crippen LogP) is 3.74. The van der Waals surface area contributed by atoms with Gasteiger partial charge in [-0.3, -0.25) is 4.79 Å². The third-order valence-electron chi connectivity index (χ3n) is 4.29. The third kappa shape index (κ3) is 3.57. The lowest BCUT2D eigenvalue weighted by molar-refractivity contribution is 0.100. The Morgan fingerprint density at radius 3 is 2.86 bits per heavy atom. The van der Waals surface area contributed by atoms with E-state index in [4.69, 9.17) is 5.73 Å². The molecule has 1 saturated heterocycles. The molecule has 1 unspecified atom stereocenters. The molecular formula is C16H24BrN3O. The monoisotopic (exact) mass is 353 g/mol. The molecule has 0 saturated carbocycles. The van der Waals surface area contributed by atoms with Crippen molar-refractivity contribution in [2.24, 2.45) is 11.7 Å². The molecule has 1 aliphatic heterocycles. The number of nitrogens with two attached hydrogens (primary N) is 1. The van der Waals surface area contributed by atoms with Gasteiger partial charge in [0.2, 0.25) is 0 Å². The van der Waals surface area contributed by atoms with Gasteiger partial charge in [-0.15, -0.1) is 0 Å². The van der Waals surface area contributed by atoms with Crippen LogP contribution in [-0.2, 0) is 0 Å². The van der Waals surface area contributed by atoms with Gasteiger partial charge in [-0.2, -0.15) is 0 Å². The van der Waals surface area contributed by atoms with E-state index in [-0.39, 0.29) is 5.54 Å². The summed E-state index contributed by atoms with van der Waals surface area (Å²) >= 11 is 3.40. The first-order chi connectivity index (χ1) is 9.85. The molecule has 2 rings (SSSR count). The Morgan fingerprint density at radius 2 is 2.24 bits per heavy atom. The summed E-state index contributed by atoms with van der Waals surface area (Å²) in [5.41, 5.74) is 6.01. The molecule has 5 heteroatoms. The molecule has 1 aromatic heterocycles. The minimum atomic E-state index is -0.419. The van der Waals surface area contributed by atoms with Crippen LogP contribution in [0.25, 0.3) is 0 Å². The van der Waals surface area contributed by atoms with Crippen LogP contribution < -0.4 is 10.6 Å². The SMILES string of the molecule is CCCCC1CN(c2nc(Br)ccc2C(N)=O)C(C)(C)C1. The van der Waals surface area contributed by atoms with Crippen LogP contribution in [0.5, 0.6) is 0 Å². The van der Waals surface area contributed by atoms with E-state index in [2.05, 4.69) is 46.6 Å². The molecule has 0 radical (unpaired) electrons. The number of carbonyl (C=O) groups excluding carboxylic acids is 1. The van der Waals surface area contributed by atoms with Gasteiger partial charge in [-0.05, 0) is 60.7 Å². The second kappa shape index (κ2) is 6.34. The van der Waals surface area contributed by atoms with Gasteiger partial charge < -0.3 is 10.6 Å². The number of unbranched alkanes of at least 4 members (excludes halogenated alkanes) is 1. The number of hydrogen-bond acceptors (Lipinski definition) is 3. The fourth-order valence-electron chi connectivity index (χ4n) is 3.27. The second-order valence-corrected chi connectivity index (χ2v) is 7.32. The molecule has 0 spiro atoms. The summed E-state index contributed by atoms with van der Waals surface area (Å²) in [4.78, 5) is 18.5. The average molecular weight is 354 g/mol. The lowest BCUT2D eigenvalue weighted by Crippen LogP contribution is -2.40. The fraction of sp³-hybridized carbons (Fsp3) is 0.625. The third-order valence-corrected chi connectivity index (χ3v) is 4.73. The van der Waals surface area contributed by atoms with Gasteiger partial charge in [0.05, 0.1) is 5.56 Å². The van der Waals surface area contributed by atoms with Crippen LogP contribution in [0.4, 0.5) is 5.82 Å². The maximum atomic E-state index is 11.7. The molecule has 0 aliphatic carbocycles. The molecule has 2 N–H and O–H groups in total. The first-order valence-corrected chi connectivity index (χ1v) is 8.38. The summed E-state index contributed by atoms with van der Waals surface area (Å²) in [6.45, 7) is 7.59. The standard InChI is InChI=1S/C16H24BrN3O/c1-4-5-6-11-9-16(2,3)20(10-11)15-12(14(18)21)7-8-13(17)19-15/h7-8,11H,4-6,9-10H2,1-3H3,(H2,18,21). The zero-order valence-corrected chi connectivity index (χ0v) is 14.6. The molecule has 4 nitrogen and oxygen atoms in total. The van der Waals surface area contributed by atoms with Crippen LogP contribution in [0.3, 0.4) is 0 Å². The van der Waals surface area contributed by atoms with E-state index in [0.29, 0.717) is 17.3 Å². The van der Waals surface area contributed by atoms with Crippen molar-refractivity contribution in [2.45, 2.75) is 52.0 Å². The molecule has 1 amide bonds. The fourth-order valence-corrected chi connectivity index (χ4v) is 3.57. The maximum absolute atomic E-state index is 11.7. The normalized spacial score (nSPS) is 20.8. The number of anilines is 1. The maximum Gasteiger partial charge on any atom is 0.252 e. The highest BCUT2D eigenvalue weighted by Gasteiger charge is 2.40. The van der Waals surface area contributed by atoms with Crippen molar-refractivity contribution in [1.82, 2.24) is 4.98 Å². The van der Waals surface area contributed by atoms with Gasteiger partial charge in [0.15, 0.2) is 0 Å². The van der Waals surface area contributed by atoms with E-state index < -0.39 is 5.91 Å². The van der Waals surface area contributed by atoms with Crippen molar-refractivity contribution in [2.75, 3.05) is 11.4 Å². The lowest BCUT2D eigenvalue weighted by Gasteiger charge is -2.33. The van der Waals surface area contributed by atoms with Crippen molar-refractivity contribution in [3.63, 3.8) is 0 Å². The summed E-state index contributed by atoms with van der Waals surface area (Å²) in [5.74, 6) is 0.945. The molecule has 1 aliphatic rings. The van der Waals surface area contributed by atoms with Crippen LogP contribution >= 0.6 is 15.9 Å². The summed E-state index contributed by atoms with van der Waals surface area (Å²) in [6, 6.07) is 3.52. The van der Waals surface area contributed by atoms with Gasteiger partial charge in [0.1, 0.15) is 10.4 Å². The summed E-state index contributed by atoms with van der Waals surface area (Å²) in [5, 5.41) is 0. The zero-order valence-electron chi connectivity index (χ0n) is 13.0. The number of carbonyl (C=O) groups is 1. The predicted molar refractivity (Wildman–Crippen MR) is 89.5 cm³/mol. The molecule has 1 aromatic rings. The van der Waals surface area contributed by atoms with Gasteiger partial charge in [0.25, 0.3) is 5.91 Å².